The molecular weight excluding hydrogens is 442 g/mol. The third-order valence-corrected chi connectivity index (χ3v) is 7.20. The summed E-state index contributed by atoms with van der Waals surface area (Å²) in [4.78, 5) is 21.1. The fourth-order valence-electron chi connectivity index (χ4n) is 5.25. The Kier molecular flexibility index (Phi) is 5.96. The van der Waals surface area contributed by atoms with Crippen LogP contribution in [0.1, 0.15) is 31.2 Å². The molecule has 2 saturated heterocycles. The standard InChI is InChI=1S/C27H29N5O3/c33-27-2-1-12-32(27)21-9-14-31(15-10-21)13-8-20-18-34-25-16-22(4-5-23(20)25)35-26-6-3-19(17-28-26)24-7-11-29-30-24/h3-7,11,16-18,21H,1-2,8-10,12-15H2,(H,29,30). The van der Waals surface area contributed by atoms with Crippen LogP contribution >= 0.6 is 0 Å². The summed E-state index contributed by atoms with van der Waals surface area (Å²) < 4.78 is 11.8. The highest BCUT2D eigenvalue weighted by atomic mass is 16.5. The van der Waals surface area contributed by atoms with Crippen molar-refractivity contribution in [1.82, 2.24) is 25.0 Å². The van der Waals surface area contributed by atoms with E-state index in [4.69, 9.17) is 9.15 Å². The zero-order chi connectivity index (χ0) is 23.6. The molecular formula is C27H29N5O3. The molecule has 0 atom stereocenters. The van der Waals surface area contributed by atoms with Crippen LogP contribution in [0.5, 0.6) is 11.6 Å². The molecule has 2 fully saturated rings. The molecule has 8 heteroatoms. The maximum absolute atomic E-state index is 12.0. The van der Waals surface area contributed by atoms with Crippen LogP contribution in [0.4, 0.5) is 0 Å². The van der Waals surface area contributed by atoms with E-state index in [0.29, 0.717) is 23.6 Å². The predicted octanol–water partition coefficient (Wildman–Crippen LogP) is 4.64. The van der Waals surface area contributed by atoms with Crippen molar-refractivity contribution in [2.45, 2.75) is 38.1 Å². The minimum atomic E-state index is 0.346. The molecule has 0 aliphatic carbocycles. The summed E-state index contributed by atoms with van der Waals surface area (Å²) in [5, 5.41) is 8.02. The number of hydrogen-bond donors (Lipinski definition) is 1. The van der Waals surface area contributed by atoms with Gasteiger partial charge in [-0.05, 0) is 55.5 Å². The van der Waals surface area contributed by atoms with Crippen LogP contribution in [-0.2, 0) is 11.2 Å². The average Bonchev–Trinajstić information content (AvgIpc) is 3.65. The summed E-state index contributed by atoms with van der Waals surface area (Å²) in [6.07, 6.45) is 10.2. The largest absolute Gasteiger partial charge is 0.464 e. The van der Waals surface area contributed by atoms with Crippen molar-refractivity contribution in [3.05, 3.63) is 60.6 Å². The van der Waals surface area contributed by atoms with Gasteiger partial charge in [0.2, 0.25) is 11.8 Å². The Balaban J connectivity index is 1.04. The van der Waals surface area contributed by atoms with Gasteiger partial charge in [-0.2, -0.15) is 5.10 Å². The number of H-pyrrole nitrogens is 1. The van der Waals surface area contributed by atoms with Crippen molar-refractivity contribution < 1.29 is 13.9 Å². The lowest BCUT2D eigenvalue weighted by molar-refractivity contribution is -0.130. The van der Waals surface area contributed by atoms with Crippen molar-refractivity contribution >= 4 is 16.9 Å². The summed E-state index contributed by atoms with van der Waals surface area (Å²) in [5.74, 6) is 1.57. The summed E-state index contributed by atoms with van der Waals surface area (Å²) in [5.41, 5.74) is 3.90. The van der Waals surface area contributed by atoms with Gasteiger partial charge >= 0.3 is 0 Å². The minimum absolute atomic E-state index is 0.346. The van der Waals surface area contributed by atoms with Gasteiger partial charge in [-0.1, -0.05) is 0 Å². The molecule has 8 nitrogen and oxygen atoms in total. The molecule has 0 unspecified atom stereocenters. The van der Waals surface area contributed by atoms with Crippen molar-refractivity contribution in [1.29, 1.82) is 0 Å². The number of hydrogen-bond acceptors (Lipinski definition) is 6. The Hall–Kier alpha value is -3.65. The van der Waals surface area contributed by atoms with E-state index < -0.39 is 0 Å². The molecule has 1 aromatic carbocycles. The van der Waals surface area contributed by atoms with E-state index in [1.54, 1.807) is 12.4 Å². The number of furan rings is 1. The number of piperidine rings is 1. The lowest BCUT2D eigenvalue weighted by Gasteiger charge is -2.36. The second kappa shape index (κ2) is 9.54. The fourth-order valence-corrected chi connectivity index (χ4v) is 5.25. The molecule has 0 saturated carbocycles. The number of carbonyl (C=O) groups is 1. The molecule has 35 heavy (non-hydrogen) atoms. The van der Waals surface area contributed by atoms with E-state index in [0.717, 1.165) is 80.5 Å². The zero-order valence-electron chi connectivity index (χ0n) is 19.7. The molecule has 0 spiro atoms. The van der Waals surface area contributed by atoms with Crippen molar-refractivity contribution in [2.24, 2.45) is 0 Å². The number of aromatic nitrogens is 3. The summed E-state index contributed by atoms with van der Waals surface area (Å²) in [7, 11) is 0. The molecule has 1 N–H and O–H groups in total. The molecule has 2 aliphatic heterocycles. The van der Waals surface area contributed by atoms with Crippen LogP contribution in [0.2, 0.25) is 0 Å². The highest BCUT2D eigenvalue weighted by Gasteiger charge is 2.30. The van der Waals surface area contributed by atoms with E-state index in [1.807, 2.05) is 36.6 Å². The van der Waals surface area contributed by atoms with Crippen LogP contribution in [-0.4, -0.2) is 63.1 Å². The Morgan fingerprint density at radius 2 is 2.03 bits per heavy atom. The van der Waals surface area contributed by atoms with E-state index in [9.17, 15) is 4.79 Å². The fraction of sp³-hybridized carbons (Fsp3) is 0.370. The maximum Gasteiger partial charge on any atom is 0.222 e. The summed E-state index contributed by atoms with van der Waals surface area (Å²) >= 11 is 0. The molecule has 6 rings (SSSR count). The minimum Gasteiger partial charge on any atom is -0.464 e. The van der Waals surface area contributed by atoms with Gasteiger partial charge in [0.25, 0.3) is 0 Å². The van der Waals surface area contributed by atoms with Gasteiger partial charge in [-0.3, -0.25) is 9.89 Å². The van der Waals surface area contributed by atoms with E-state index >= 15 is 0 Å². The molecule has 0 radical (unpaired) electrons. The number of aromatic amines is 1. The third kappa shape index (κ3) is 4.66. The van der Waals surface area contributed by atoms with Crippen LogP contribution in [0.15, 0.2) is 59.5 Å². The lowest BCUT2D eigenvalue weighted by atomic mass is 10.0. The number of ether oxygens (including phenoxy) is 1. The summed E-state index contributed by atoms with van der Waals surface area (Å²) in [6, 6.07) is 12.1. The second-order valence-electron chi connectivity index (χ2n) is 9.39. The number of pyridine rings is 1. The van der Waals surface area contributed by atoms with E-state index in [2.05, 4.69) is 31.0 Å². The molecule has 180 valence electrons. The van der Waals surface area contributed by atoms with Crippen LogP contribution in [0.25, 0.3) is 22.2 Å². The number of fused-ring (bicyclic) bond motifs is 1. The number of rotatable bonds is 7. The van der Waals surface area contributed by atoms with Gasteiger partial charge in [0.05, 0.1) is 12.0 Å². The van der Waals surface area contributed by atoms with Crippen LogP contribution in [0.3, 0.4) is 0 Å². The average molecular weight is 472 g/mol. The second-order valence-corrected chi connectivity index (χ2v) is 9.39. The first-order valence-corrected chi connectivity index (χ1v) is 12.4. The van der Waals surface area contributed by atoms with Crippen molar-refractivity contribution in [2.75, 3.05) is 26.2 Å². The Morgan fingerprint density at radius 3 is 2.77 bits per heavy atom. The number of amides is 1. The first-order valence-electron chi connectivity index (χ1n) is 12.4. The van der Waals surface area contributed by atoms with Gasteiger partial charge in [-0.25, -0.2) is 4.98 Å². The van der Waals surface area contributed by atoms with Gasteiger partial charge in [0, 0.05) is 74.1 Å². The third-order valence-electron chi connectivity index (χ3n) is 7.20. The summed E-state index contributed by atoms with van der Waals surface area (Å²) in [6.45, 7) is 4.05. The molecule has 4 aromatic rings. The Labute approximate surface area is 203 Å². The molecule has 1 amide bonds. The predicted molar refractivity (Wildman–Crippen MR) is 132 cm³/mol. The molecule has 3 aromatic heterocycles. The lowest BCUT2D eigenvalue weighted by Crippen LogP contribution is -2.45. The van der Waals surface area contributed by atoms with Gasteiger partial charge < -0.3 is 19.0 Å². The van der Waals surface area contributed by atoms with Gasteiger partial charge in [-0.15, -0.1) is 0 Å². The molecule has 5 heterocycles. The highest BCUT2D eigenvalue weighted by molar-refractivity contribution is 5.82. The quantitative estimate of drug-likeness (QED) is 0.423. The normalized spacial score (nSPS) is 17.5. The monoisotopic (exact) mass is 471 g/mol. The number of nitrogens with zero attached hydrogens (tertiary/aromatic N) is 4. The van der Waals surface area contributed by atoms with Crippen molar-refractivity contribution in [3.8, 4) is 22.9 Å². The number of carbonyl (C=O) groups excluding carboxylic acids is 1. The Bertz CT molecular complexity index is 1290. The SMILES string of the molecule is O=C1CCCN1C1CCN(CCc2coc3cc(Oc4ccc(-c5ccn[nH]5)cn4)ccc23)CC1. The number of benzene rings is 1. The van der Waals surface area contributed by atoms with Crippen LogP contribution in [0, 0.1) is 0 Å². The number of nitrogens with one attached hydrogen (secondary N) is 1. The molecule has 2 aliphatic rings. The van der Waals surface area contributed by atoms with E-state index in [-0.39, 0.29) is 0 Å². The van der Waals surface area contributed by atoms with Crippen LogP contribution < -0.4 is 4.74 Å². The van der Waals surface area contributed by atoms with Gasteiger partial charge in [0.1, 0.15) is 11.3 Å². The first kappa shape index (κ1) is 21.9. The van der Waals surface area contributed by atoms with Gasteiger partial charge in [0.15, 0.2) is 0 Å². The zero-order valence-corrected chi connectivity index (χ0v) is 19.7. The smallest absolute Gasteiger partial charge is 0.222 e. The first-order chi connectivity index (χ1) is 17.2. The molecule has 0 bridgehead atoms. The highest BCUT2D eigenvalue weighted by Crippen LogP contribution is 2.29. The van der Waals surface area contributed by atoms with E-state index in [1.165, 1.54) is 5.56 Å². The topological polar surface area (TPSA) is 87.5 Å². The number of likely N-dealkylation sites (tertiary alicyclic amines) is 2. The maximum atomic E-state index is 12.0. The Morgan fingerprint density at radius 1 is 1.11 bits per heavy atom. The van der Waals surface area contributed by atoms with Crippen molar-refractivity contribution in [3.63, 3.8) is 0 Å².